The molecule has 0 amide bonds. The summed E-state index contributed by atoms with van der Waals surface area (Å²) in [5.41, 5.74) is 0.468. The fourth-order valence-electron chi connectivity index (χ4n) is 4.26. The molecule has 0 bridgehead atoms. The van der Waals surface area contributed by atoms with Crippen molar-refractivity contribution in [3.8, 4) is 0 Å². The van der Waals surface area contributed by atoms with E-state index in [9.17, 15) is 0 Å². The first-order valence-corrected chi connectivity index (χ1v) is 8.42. The van der Waals surface area contributed by atoms with Crippen molar-refractivity contribution in [2.45, 2.75) is 69.9 Å². The van der Waals surface area contributed by atoms with Crippen molar-refractivity contribution in [2.75, 3.05) is 19.6 Å². The molecule has 2 heteroatoms. The molecule has 1 N–H and O–H groups in total. The first kappa shape index (κ1) is 13.6. The molecule has 1 aliphatic heterocycles. The molecule has 2 unspecified atom stereocenters. The topological polar surface area (TPSA) is 15.3 Å². The van der Waals surface area contributed by atoms with Gasteiger partial charge in [-0.05, 0) is 44.9 Å². The predicted molar refractivity (Wildman–Crippen MR) is 81.3 cm³/mol. The number of hydrogen-bond acceptors (Lipinski definition) is 2. The largest absolute Gasteiger partial charge is 0.308 e. The number of allylic oxidation sites excluding steroid dienone is 2. The minimum atomic E-state index is 0.468. The molecular weight excluding hydrogens is 232 g/mol. The maximum Gasteiger partial charge on any atom is 0.0309 e. The van der Waals surface area contributed by atoms with Crippen molar-refractivity contribution in [1.82, 2.24) is 10.2 Å². The van der Waals surface area contributed by atoms with Crippen LogP contribution in [0.1, 0.15) is 58.3 Å². The molecular formula is C17H30N2. The van der Waals surface area contributed by atoms with E-state index in [2.05, 4.69) is 29.3 Å². The van der Waals surface area contributed by atoms with Crippen LogP contribution in [0.25, 0.3) is 0 Å². The van der Waals surface area contributed by atoms with Crippen LogP contribution in [0.4, 0.5) is 0 Å². The van der Waals surface area contributed by atoms with Crippen molar-refractivity contribution in [1.29, 1.82) is 0 Å². The Morgan fingerprint density at radius 3 is 2.79 bits per heavy atom. The molecule has 2 atom stereocenters. The average molecular weight is 262 g/mol. The van der Waals surface area contributed by atoms with Crippen LogP contribution >= 0.6 is 0 Å². The first-order valence-electron chi connectivity index (χ1n) is 8.42. The molecule has 0 aromatic heterocycles. The quantitative estimate of drug-likeness (QED) is 0.768. The van der Waals surface area contributed by atoms with Crippen LogP contribution in [0.15, 0.2) is 12.2 Å². The number of rotatable bonds is 2. The first-order chi connectivity index (χ1) is 9.27. The van der Waals surface area contributed by atoms with Gasteiger partial charge in [-0.25, -0.2) is 0 Å². The number of nitrogens with zero attached hydrogens (tertiary/aromatic N) is 1. The summed E-state index contributed by atoms with van der Waals surface area (Å²) in [7, 11) is 0. The van der Waals surface area contributed by atoms with E-state index in [1.54, 1.807) is 0 Å². The monoisotopic (exact) mass is 262 g/mol. The maximum atomic E-state index is 3.90. The van der Waals surface area contributed by atoms with Gasteiger partial charge in [0.25, 0.3) is 0 Å². The van der Waals surface area contributed by atoms with Gasteiger partial charge in [-0.3, -0.25) is 4.90 Å². The molecule has 1 saturated heterocycles. The highest BCUT2D eigenvalue weighted by Crippen LogP contribution is 2.32. The van der Waals surface area contributed by atoms with Gasteiger partial charge < -0.3 is 5.32 Å². The Morgan fingerprint density at radius 1 is 1.21 bits per heavy atom. The van der Waals surface area contributed by atoms with Gasteiger partial charge in [0.2, 0.25) is 0 Å². The molecule has 108 valence electrons. The van der Waals surface area contributed by atoms with E-state index in [4.69, 9.17) is 0 Å². The Bertz CT molecular complexity index is 317. The number of hydrogen-bond donors (Lipinski definition) is 1. The highest BCUT2D eigenvalue weighted by Gasteiger charge is 2.38. The lowest BCUT2D eigenvalue weighted by Gasteiger charge is -2.49. The zero-order valence-corrected chi connectivity index (χ0v) is 12.5. The second-order valence-electron chi connectivity index (χ2n) is 7.15. The van der Waals surface area contributed by atoms with Gasteiger partial charge in [0.05, 0.1) is 0 Å². The van der Waals surface area contributed by atoms with Crippen molar-refractivity contribution < 1.29 is 0 Å². The van der Waals surface area contributed by atoms with Crippen LogP contribution in [-0.4, -0.2) is 36.1 Å². The highest BCUT2D eigenvalue weighted by molar-refractivity contribution is 5.00. The van der Waals surface area contributed by atoms with Crippen LogP contribution in [-0.2, 0) is 0 Å². The Kier molecular flexibility index (Phi) is 4.28. The third-order valence-electron chi connectivity index (χ3n) is 5.58. The van der Waals surface area contributed by atoms with Gasteiger partial charge in [0.1, 0.15) is 0 Å². The lowest BCUT2D eigenvalue weighted by atomic mass is 9.79. The van der Waals surface area contributed by atoms with Crippen molar-refractivity contribution in [2.24, 2.45) is 5.92 Å². The summed E-state index contributed by atoms with van der Waals surface area (Å²) in [6, 6.07) is 0.721. The fraction of sp³-hybridized carbons (Fsp3) is 0.882. The minimum absolute atomic E-state index is 0.468. The molecule has 2 nitrogen and oxygen atoms in total. The third kappa shape index (κ3) is 3.22. The Balaban J connectivity index is 1.60. The van der Waals surface area contributed by atoms with Gasteiger partial charge in [-0.2, -0.15) is 0 Å². The SMILES string of the molecule is CC1CNC2(CCCCC2)CN1CC1CC=CCC1. The van der Waals surface area contributed by atoms with Gasteiger partial charge in [-0.1, -0.05) is 31.4 Å². The molecule has 3 rings (SSSR count). The van der Waals surface area contributed by atoms with E-state index < -0.39 is 0 Å². The third-order valence-corrected chi connectivity index (χ3v) is 5.58. The molecule has 3 aliphatic rings. The van der Waals surface area contributed by atoms with Crippen LogP contribution in [0, 0.1) is 5.92 Å². The van der Waals surface area contributed by atoms with Crippen LogP contribution in [0.2, 0.25) is 0 Å². The van der Waals surface area contributed by atoms with E-state index >= 15 is 0 Å². The summed E-state index contributed by atoms with van der Waals surface area (Å²) in [6.45, 7) is 6.23. The number of nitrogens with one attached hydrogen (secondary N) is 1. The summed E-state index contributed by atoms with van der Waals surface area (Å²) in [5, 5.41) is 3.90. The molecule has 1 heterocycles. The Hall–Kier alpha value is -0.340. The van der Waals surface area contributed by atoms with Gasteiger partial charge in [0, 0.05) is 31.2 Å². The lowest BCUT2D eigenvalue weighted by Crippen LogP contribution is -2.64. The molecule has 2 aliphatic carbocycles. The predicted octanol–water partition coefficient (Wildman–Crippen LogP) is 3.34. The van der Waals surface area contributed by atoms with E-state index in [1.807, 2.05) is 0 Å². The van der Waals surface area contributed by atoms with Crippen LogP contribution in [0.3, 0.4) is 0 Å². The van der Waals surface area contributed by atoms with E-state index in [-0.39, 0.29) is 0 Å². The highest BCUT2D eigenvalue weighted by atomic mass is 15.2. The molecule has 0 aromatic carbocycles. The molecule has 19 heavy (non-hydrogen) atoms. The van der Waals surface area contributed by atoms with E-state index in [1.165, 1.54) is 71.0 Å². The Morgan fingerprint density at radius 2 is 2.05 bits per heavy atom. The number of piperazine rings is 1. The standard InChI is InChI=1S/C17H30N2/c1-15-12-18-17(10-6-3-7-11-17)14-19(15)13-16-8-4-2-5-9-16/h2,4,15-16,18H,3,5-14H2,1H3. The summed E-state index contributed by atoms with van der Waals surface area (Å²) in [6.07, 6.45) is 15.9. The minimum Gasteiger partial charge on any atom is -0.308 e. The summed E-state index contributed by atoms with van der Waals surface area (Å²) >= 11 is 0. The van der Waals surface area contributed by atoms with Crippen LogP contribution < -0.4 is 5.32 Å². The molecule has 1 spiro atoms. The lowest BCUT2D eigenvalue weighted by molar-refractivity contribution is 0.0501. The smallest absolute Gasteiger partial charge is 0.0309 e. The van der Waals surface area contributed by atoms with E-state index in [0.717, 1.165) is 12.0 Å². The zero-order chi connectivity index (χ0) is 13.1. The second kappa shape index (κ2) is 5.97. The Labute approximate surface area is 118 Å². The molecule has 0 aromatic rings. The second-order valence-corrected chi connectivity index (χ2v) is 7.15. The summed E-state index contributed by atoms with van der Waals surface area (Å²) in [4.78, 5) is 2.80. The molecule has 2 fully saturated rings. The van der Waals surface area contributed by atoms with Crippen molar-refractivity contribution in [3.63, 3.8) is 0 Å². The average Bonchev–Trinajstić information content (AvgIpc) is 2.45. The van der Waals surface area contributed by atoms with E-state index in [0.29, 0.717) is 5.54 Å². The van der Waals surface area contributed by atoms with Gasteiger partial charge in [0.15, 0.2) is 0 Å². The normalized spacial score (nSPS) is 35.6. The zero-order valence-electron chi connectivity index (χ0n) is 12.5. The maximum absolute atomic E-state index is 3.90. The van der Waals surface area contributed by atoms with Crippen molar-refractivity contribution in [3.05, 3.63) is 12.2 Å². The molecule has 0 radical (unpaired) electrons. The van der Waals surface area contributed by atoms with Crippen molar-refractivity contribution >= 4 is 0 Å². The summed E-state index contributed by atoms with van der Waals surface area (Å²) in [5.74, 6) is 0.909. The van der Waals surface area contributed by atoms with Gasteiger partial charge >= 0.3 is 0 Å². The van der Waals surface area contributed by atoms with Crippen LogP contribution in [0.5, 0.6) is 0 Å². The fourth-order valence-corrected chi connectivity index (χ4v) is 4.26. The van der Waals surface area contributed by atoms with Gasteiger partial charge in [-0.15, -0.1) is 0 Å². The summed E-state index contributed by atoms with van der Waals surface area (Å²) < 4.78 is 0. The molecule has 1 saturated carbocycles.